The summed E-state index contributed by atoms with van der Waals surface area (Å²) in [5.41, 5.74) is 3.71. The van der Waals surface area contributed by atoms with Crippen molar-refractivity contribution in [2.45, 2.75) is 13.3 Å². The van der Waals surface area contributed by atoms with Crippen molar-refractivity contribution in [1.82, 2.24) is 5.43 Å². The molecule has 0 radical (unpaired) electrons. The lowest BCUT2D eigenvalue weighted by Crippen LogP contribution is -2.20. The molecule has 0 heterocycles. The highest BCUT2D eigenvalue weighted by atomic mass is 35.5. The second-order valence-corrected chi connectivity index (χ2v) is 5.28. The van der Waals surface area contributed by atoms with Crippen LogP contribution < -0.4 is 5.43 Å². The molecule has 2 aromatic carbocycles. The van der Waals surface area contributed by atoms with Crippen molar-refractivity contribution in [2.75, 3.05) is 0 Å². The Hall–Kier alpha value is -2.04. The molecular weight excluding hydrogens is 323 g/mol. The lowest BCUT2D eigenvalue weighted by molar-refractivity contribution is 0.0955. The van der Waals surface area contributed by atoms with Gasteiger partial charge in [-0.25, -0.2) is 5.43 Å². The molecule has 0 atom stereocenters. The smallest absolute Gasteiger partial charge is 0.274 e. The third kappa shape index (κ3) is 3.59. The molecule has 0 fully saturated rings. The molecule has 0 aromatic heterocycles. The minimum atomic E-state index is -0.503. The molecule has 2 N–H and O–H groups in total. The van der Waals surface area contributed by atoms with Crippen LogP contribution in [0.15, 0.2) is 47.6 Å². The predicted molar refractivity (Wildman–Crippen MR) is 88.9 cm³/mol. The number of hydrogen-bond acceptors (Lipinski definition) is 3. The molecule has 22 heavy (non-hydrogen) atoms. The van der Waals surface area contributed by atoms with Crippen LogP contribution in [0.25, 0.3) is 0 Å². The first-order valence-corrected chi connectivity index (χ1v) is 7.39. The first-order chi connectivity index (χ1) is 10.5. The third-order valence-corrected chi connectivity index (χ3v) is 3.66. The minimum Gasteiger partial charge on any atom is -0.507 e. The molecule has 0 aliphatic rings. The number of benzene rings is 2. The summed E-state index contributed by atoms with van der Waals surface area (Å²) in [6.45, 7) is 1.87. The van der Waals surface area contributed by atoms with E-state index >= 15 is 0 Å². The number of phenolic OH excluding ortho intramolecular Hbond substituents is 1. The van der Waals surface area contributed by atoms with Gasteiger partial charge in [-0.2, -0.15) is 5.10 Å². The van der Waals surface area contributed by atoms with Crippen LogP contribution in [0.4, 0.5) is 0 Å². The van der Waals surface area contributed by atoms with Crippen molar-refractivity contribution in [3.63, 3.8) is 0 Å². The number of para-hydroxylation sites is 1. The average molecular weight is 337 g/mol. The second-order valence-electron chi connectivity index (χ2n) is 4.47. The number of halogens is 2. The van der Waals surface area contributed by atoms with Crippen molar-refractivity contribution in [3.05, 3.63) is 63.6 Å². The summed E-state index contributed by atoms with van der Waals surface area (Å²) in [5.74, 6) is -0.398. The van der Waals surface area contributed by atoms with Crippen LogP contribution in [-0.4, -0.2) is 16.7 Å². The van der Waals surface area contributed by atoms with Gasteiger partial charge in [0.15, 0.2) is 0 Å². The molecule has 0 saturated carbocycles. The van der Waals surface area contributed by atoms with Crippen LogP contribution in [0.1, 0.15) is 29.3 Å². The van der Waals surface area contributed by atoms with Gasteiger partial charge >= 0.3 is 0 Å². The van der Waals surface area contributed by atoms with Crippen LogP contribution in [0.2, 0.25) is 10.0 Å². The van der Waals surface area contributed by atoms with E-state index in [1.165, 1.54) is 0 Å². The van der Waals surface area contributed by atoms with E-state index in [4.69, 9.17) is 23.2 Å². The van der Waals surface area contributed by atoms with Crippen LogP contribution in [0.5, 0.6) is 5.75 Å². The quantitative estimate of drug-likeness (QED) is 0.647. The fourth-order valence-corrected chi connectivity index (χ4v) is 2.51. The number of nitrogens with one attached hydrogen (secondary N) is 1. The topological polar surface area (TPSA) is 61.7 Å². The molecule has 0 saturated heterocycles. The fraction of sp³-hybridized carbons (Fsp3) is 0.125. The normalized spacial score (nSPS) is 11.3. The predicted octanol–water partition coefficient (Wildman–Crippen LogP) is 4.24. The zero-order chi connectivity index (χ0) is 16.1. The van der Waals surface area contributed by atoms with Gasteiger partial charge in [0.05, 0.1) is 21.3 Å². The maximum absolute atomic E-state index is 12.2. The van der Waals surface area contributed by atoms with Gasteiger partial charge < -0.3 is 5.11 Å². The van der Waals surface area contributed by atoms with Crippen LogP contribution in [-0.2, 0) is 0 Å². The third-order valence-electron chi connectivity index (χ3n) is 3.03. The monoisotopic (exact) mass is 336 g/mol. The molecule has 2 aromatic rings. The Balaban J connectivity index is 2.26. The number of rotatable bonds is 4. The Bertz CT molecular complexity index is 710. The van der Waals surface area contributed by atoms with Gasteiger partial charge in [-0.3, -0.25) is 4.79 Å². The van der Waals surface area contributed by atoms with E-state index in [-0.39, 0.29) is 21.4 Å². The summed E-state index contributed by atoms with van der Waals surface area (Å²) in [6.07, 6.45) is 0.536. The molecule has 1 amide bonds. The molecule has 114 valence electrons. The standard InChI is InChI=1S/C16H14Cl2N2O2/c1-2-13(10-6-3-4-9-14(10)21)19-20-16(22)15-11(17)7-5-8-12(15)18/h3-9,21H,2H2,1H3,(H,20,22). The number of carbonyl (C=O) groups excluding carboxylic acids is 1. The zero-order valence-corrected chi connectivity index (χ0v) is 13.3. The van der Waals surface area contributed by atoms with E-state index in [1.807, 2.05) is 6.92 Å². The van der Waals surface area contributed by atoms with Crippen LogP contribution in [0.3, 0.4) is 0 Å². The van der Waals surface area contributed by atoms with Gasteiger partial charge in [0.2, 0.25) is 0 Å². The highest BCUT2D eigenvalue weighted by molar-refractivity contribution is 6.39. The molecule has 6 heteroatoms. The summed E-state index contributed by atoms with van der Waals surface area (Å²) in [6, 6.07) is 11.6. The number of amides is 1. The molecule has 0 bridgehead atoms. The highest BCUT2D eigenvalue weighted by Crippen LogP contribution is 2.24. The lowest BCUT2D eigenvalue weighted by atomic mass is 10.1. The number of carbonyl (C=O) groups is 1. The Morgan fingerprint density at radius 1 is 1.14 bits per heavy atom. The Morgan fingerprint density at radius 3 is 2.36 bits per heavy atom. The summed E-state index contributed by atoms with van der Waals surface area (Å²) >= 11 is 12.0. The number of hydrazone groups is 1. The molecule has 4 nitrogen and oxygen atoms in total. The summed E-state index contributed by atoms with van der Waals surface area (Å²) < 4.78 is 0. The molecule has 0 aliphatic carbocycles. The molecular formula is C16H14Cl2N2O2. The summed E-state index contributed by atoms with van der Waals surface area (Å²) in [7, 11) is 0. The van der Waals surface area contributed by atoms with Gasteiger partial charge in [0.25, 0.3) is 5.91 Å². The maximum Gasteiger partial charge on any atom is 0.274 e. The molecule has 2 rings (SSSR count). The number of phenols is 1. The largest absolute Gasteiger partial charge is 0.507 e. The average Bonchev–Trinajstić information content (AvgIpc) is 2.49. The second kappa shape index (κ2) is 7.29. The van der Waals surface area contributed by atoms with Gasteiger partial charge in [-0.05, 0) is 30.7 Å². The van der Waals surface area contributed by atoms with Crippen molar-refractivity contribution >= 4 is 34.8 Å². The minimum absolute atomic E-state index is 0.105. The number of hydrogen-bond donors (Lipinski definition) is 2. The Labute approximate surface area is 138 Å². The van der Waals surface area contributed by atoms with Gasteiger partial charge in [-0.15, -0.1) is 0 Å². The van der Waals surface area contributed by atoms with E-state index in [1.54, 1.807) is 42.5 Å². The highest BCUT2D eigenvalue weighted by Gasteiger charge is 2.14. The maximum atomic E-state index is 12.2. The Kier molecular flexibility index (Phi) is 5.41. The van der Waals surface area contributed by atoms with Crippen molar-refractivity contribution < 1.29 is 9.90 Å². The van der Waals surface area contributed by atoms with E-state index in [0.29, 0.717) is 17.7 Å². The van der Waals surface area contributed by atoms with E-state index in [2.05, 4.69) is 10.5 Å². The first-order valence-electron chi connectivity index (χ1n) is 6.63. The number of aromatic hydroxyl groups is 1. The van der Waals surface area contributed by atoms with Crippen molar-refractivity contribution in [1.29, 1.82) is 0 Å². The van der Waals surface area contributed by atoms with E-state index in [0.717, 1.165) is 0 Å². The van der Waals surface area contributed by atoms with Crippen LogP contribution in [0, 0.1) is 0 Å². The van der Waals surface area contributed by atoms with Gasteiger partial charge in [-0.1, -0.05) is 48.3 Å². The zero-order valence-electron chi connectivity index (χ0n) is 11.8. The number of nitrogens with zero attached hydrogens (tertiary/aromatic N) is 1. The fourth-order valence-electron chi connectivity index (χ4n) is 1.94. The first kappa shape index (κ1) is 16.3. The van der Waals surface area contributed by atoms with Gasteiger partial charge in [0, 0.05) is 5.56 Å². The molecule has 0 unspecified atom stereocenters. The Morgan fingerprint density at radius 2 is 1.77 bits per heavy atom. The van der Waals surface area contributed by atoms with Crippen LogP contribution >= 0.6 is 23.2 Å². The summed E-state index contributed by atoms with van der Waals surface area (Å²) in [4.78, 5) is 12.2. The van der Waals surface area contributed by atoms with E-state index < -0.39 is 5.91 Å². The molecule has 0 aliphatic heterocycles. The van der Waals surface area contributed by atoms with E-state index in [9.17, 15) is 9.90 Å². The van der Waals surface area contributed by atoms with Gasteiger partial charge in [0.1, 0.15) is 5.75 Å². The SMILES string of the molecule is CCC(=NNC(=O)c1c(Cl)cccc1Cl)c1ccccc1O. The van der Waals surface area contributed by atoms with Crippen molar-refractivity contribution in [3.8, 4) is 5.75 Å². The lowest BCUT2D eigenvalue weighted by Gasteiger charge is -2.08. The molecule has 0 spiro atoms. The van der Waals surface area contributed by atoms with Crippen molar-refractivity contribution in [2.24, 2.45) is 5.10 Å². The summed E-state index contributed by atoms with van der Waals surface area (Å²) in [5, 5.41) is 14.4.